The lowest BCUT2D eigenvalue weighted by Gasteiger charge is -2.36. The van der Waals surface area contributed by atoms with Crippen LogP contribution in [0.4, 0.5) is 11.4 Å². The minimum atomic E-state index is -0.126. The maximum Gasteiger partial charge on any atom is 0.248 e. The second-order valence-corrected chi connectivity index (χ2v) is 11.4. The first-order valence-corrected chi connectivity index (χ1v) is 14.4. The summed E-state index contributed by atoms with van der Waals surface area (Å²) >= 11 is 6.71. The largest absolute Gasteiger partial charge is 0.372 e. The third kappa shape index (κ3) is 7.49. The first kappa shape index (κ1) is 28.7. The molecule has 0 saturated carbocycles. The van der Waals surface area contributed by atoms with Crippen LogP contribution in [0, 0.1) is 0 Å². The number of aromatic amines is 1. The molecular weight excluding hydrogens is 536 g/mol. The lowest BCUT2D eigenvalue weighted by molar-refractivity contribution is -0.111. The fraction of sp³-hybridized carbons (Fsp3) is 0.355. The van der Waals surface area contributed by atoms with Gasteiger partial charge in [0.15, 0.2) is 5.96 Å². The number of hydrogen-bond donors (Lipinski definition) is 4. The number of benzene rings is 2. The Morgan fingerprint density at radius 2 is 1.95 bits per heavy atom. The molecule has 10 heteroatoms. The number of aromatic nitrogens is 1. The minimum Gasteiger partial charge on any atom is -0.372 e. The fourth-order valence-corrected chi connectivity index (χ4v) is 5.48. The first-order chi connectivity index (χ1) is 19.9. The number of fused-ring (bicyclic) bond motifs is 1. The number of guanidine groups is 1. The maximum atomic E-state index is 12.1. The van der Waals surface area contributed by atoms with Gasteiger partial charge in [0.05, 0.1) is 23.9 Å². The summed E-state index contributed by atoms with van der Waals surface area (Å²) in [6, 6.07) is 16.3. The Balaban J connectivity index is 1.15. The minimum absolute atomic E-state index is 0.126. The first-order valence-electron chi connectivity index (χ1n) is 14.1. The van der Waals surface area contributed by atoms with Gasteiger partial charge in [-0.3, -0.25) is 9.69 Å². The quantitative estimate of drug-likeness (QED) is 0.280. The number of nitrogens with zero attached hydrogens (tertiary/aromatic N) is 4. The number of aliphatic imine (C=N–C) groups is 1. The van der Waals surface area contributed by atoms with Gasteiger partial charge in [0.1, 0.15) is 0 Å². The van der Waals surface area contributed by atoms with Crippen molar-refractivity contribution in [1.29, 1.82) is 0 Å². The third-order valence-electron chi connectivity index (χ3n) is 7.29. The molecule has 2 aliphatic rings. The molecule has 4 N–H and O–H groups in total. The van der Waals surface area contributed by atoms with E-state index >= 15 is 0 Å². The molecule has 3 aromatic rings. The molecule has 9 nitrogen and oxygen atoms in total. The van der Waals surface area contributed by atoms with Crippen LogP contribution in [0.3, 0.4) is 0 Å². The molecule has 3 heterocycles. The van der Waals surface area contributed by atoms with Gasteiger partial charge >= 0.3 is 0 Å². The van der Waals surface area contributed by atoms with Crippen molar-refractivity contribution in [1.82, 2.24) is 25.0 Å². The monoisotopic (exact) mass is 574 g/mol. The van der Waals surface area contributed by atoms with Gasteiger partial charge in [-0.1, -0.05) is 35.9 Å². The van der Waals surface area contributed by atoms with Gasteiger partial charge in [-0.2, -0.15) is 0 Å². The molecule has 0 spiro atoms. The van der Waals surface area contributed by atoms with Crippen LogP contribution in [0.1, 0.15) is 18.4 Å². The average molecular weight is 575 g/mol. The van der Waals surface area contributed by atoms with Crippen molar-refractivity contribution in [3.63, 3.8) is 0 Å². The van der Waals surface area contributed by atoms with Gasteiger partial charge in [-0.25, -0.2) is 4.99 Å². The molecule has 216 valence electrons. The zero-order valence-corrected chi connectivity index (χ0v) is 24.7. The second-order valence-electron chi connectivity index (χ2n) is 10.9. The van der Waals surface area contributed by atoms with Gasteiger partial charge in [-0.05, 0) is 63.8 Å². The van der Waals surface area contributed by atoms with E-state index in [4.69, 9.17) is 16.6 Å². The highest BCUT2D eigenvalue weighted by molar-refractivity contribution is 6.34. The Morgan fingerprint density at radius 1 is 1.17 bits per heavy atom. The van der Waals surface area contributed by atoms with Crippen LogP contribution in [0.2, 0.25) is 0 Å². The number of piperidine rings is 1. The number of rotatable bonds is 9. The van der Waals surface area contributed by atoms with Gasteiger partial charge in [0.2, 0.25) is 5.91 Å². The normalized spacial score (nSPS) is 18.3. The molecule has 1 atom stereocenters. The number of carbonyl (C=O) groups excluding carboxylic acids is 1. The van der Waals surface area contributed by atoms with E-state index in [2.05, 4.69) is 42.9 Å². The number of likely N-dealkylation sites (N-methyl/N-ethyl adjacent to an activating group) is 2. The van der Waals surface area contributed by atoms with Crippen molar-refractivity contribution in [2.24, 2.45) is 4.99 Å². The lowest BCUT2D eigenvalue weighted by Crippen LogP contribution is -2.53. The zero-order chi connectivity index (χ0) is 28.8. The molecule has 2 aliphatic heterocycles. The standard InChI is InChI=1S/C31H39ClN8O/c1-38(2)16-7-11-29(41)35-23-14-12-22(13-15-23)34-21-40-17-6-8-24(19-40)36-31-37-30(27(32)20-39(31)3)26-18-33-28-10-5-4-9-25(26)28/h4-5,7,9-15,18,24,33-34H,6,8,16-17,19-21H2,1-3H3,(H,35,41)(H,36,37)/b11-7+. The van der Waals surface area contributed by atoms with Crippen LogP contribution >= 0.6 is 11.6 Å². The van der Waals surface area contributed by atoms with Crippen molar-refractivity contribution in [3.8, 4) is 0 Å². The third-order valence-corrected chi connectivity index (χ3v) is 7.59. The number of amides is 1. The Kier molecular flexibility index (Phi) is 9.28. The van der Waals surface area contributed by atoms with Crippen LogP contribution in [0.5, 0.6) is 0 Å². The Labute approximate surface area is 246 Å². The molecule has 1 fully saturated rings. The van der Waals surface area contributed by atoms with Crippen LogP contribution in [-0.2, 0) is 4.79 Å². The van der Waals surface area contributed by atoms with Crippen LogP contribution in [0.25, 0.3) is 16.6 Å². The Morgan fingerprint density at radius 3 is 2.76 bits per heavy atom. The highest BCUT2D eigenvalue weighted by atomic mass is 35.5. The maximum absolute atomic E-state index is 12.1. The van der Waals surface area contributed by atoms with E-state index in [0.717, 1.165) is 83.7 Å². The van der Waals surface area contributed by atoms with Gasteiger partial charge < -0.3 is 30.7 Å². The number of anilines is 2. The number of para-hydroxylation sites is 1. The number of hydrogen-bond acceptors (Lipinski definition) is 7. The zero-order valence-electron chi connectivity index (χ0n) is 24.0. The molecule has 0 bridgehead atoms. The SMILES string of the molecule is CN(C)C/C=C/C(=O)Nc1ccc(NCN2CCCC(NC3=NC(c4c[nH]c5ccccc45)=C(Cl)CN3C)C2)cc1. The van der Waals surface area contributed by atoms with Crippen LogP contribution in [0.15, 0.2) is 76.9 Å². The van der Waals surface area contributed by atoms with E-state index in [0.29, 0.717) is 6.54 Å². The van der Waals surface area contributed by atoms with Gasteiger partial charge in [0.25, 0.3) is 0 Å². The molecule has 0 aliphatic carbocycles. The highest BCUT2D eigenvalue weighted by Crippen LogP contribution is 2.32. The summed E-state index contributed by atoms with van der Waals surface area (Å²) in [5, 5.41) is 12.0. The van der Waals surface area contributed by atoms with Crippen LogP contribution in [-0.4, -0.2) is 91.6 Å². The second kappa shape index (κ2) is 13.2. The van der Waals surface area contributed by atoms with E-state index in [-0.39, 0.29) is 11.9 Å². The molecule has 1 aromatic heterocycles. The van der Waals surface area contributed by atoms with E-state index in [1.165, 1.54) is 0 Å². The smallest absolute Gasteiger partial charge is 0.248 e. The molecule has 5 rings (SSSR count). The van der Waals surface area contributed by atoms with Crippen molar-refractivity contribution < 1.29 is 4.79 Å². The molecule has 0 radical (unpaired) electrons. The number of likely N-dealkylation sites (tertiary alicyclic amines) is 1. The van der Waals surface area contributed by atoms with Crippen molar-refractivity contribution >= 4 is 51.4 Å². The van der Waals surface area contributed by atoms with Gasteiger partial charge in [0, 0.05) is 66.3 Å². The average Bonchev–Trinajstić information content (AvgIpc) is 3.38. The summed E-state index contributed by atoms with van der Waals surface area (Å²) < 4.78 is 0. The molecule has 2 aromatic carbocycles. The molecular formula is C31H39ClN8O. The van der Waals surface area contributed by atoms with Crippen molar-refractivity contribution in [2.45, 2.75) is 18.9 Å². The topological polar surface area (TPSA) is 91.0 Å². The van der Waals surface area contributed by atoms with E-state index in [1.54, 1.807) is 6.08 Å². The van der Waals surface area contributed by atoms with E-state index in [9.17, 15) is 4.79 Å². The summed E-state index contributed by atoms with van der Waals surface area (Å²) in [6.07, 6.45) is 7.60. The van der Waals surface area contributed by atoms with Gasteiger partial charge in [-0.15, -0.1) is 0 Å². The summed E-state index contributed by atoms with van der Waals surface area (Å²) in [5.74, 6) is 0.725. The Bertz CT molecular complexity index is 1440. The highest BCUT2D eigenvalue weighted by Gasteiger charge is 2.26. The number of carbonyl (C=O) groups is 1. The van der Waals surface area contributed by atoms with E-state index in [1.807, 2.05) is 74.7 Å². The number of nitrogens with one attached hydrogen (secondary N) is 4. The molecule has 41 heavy (non-hydrogen) atoms. The predicted octanol–water partition coefficient (Wildman–Crippen LogP) is 4.56. The summed E-state index contributed by atoms with van der Waals surface area (Å²) in [7, 11) is 5.96. The summed E-state index contributed by atoms with van der Waals surface area (Å²) in [6.45, 7) is 4.03. The summed E-state index contributed by atoms with van der Waals surface area (Å²) in [5.41, 5.74) is 4.71. The number of halogens is 1. The molecule has 1 amide bonds. The predicted molar refractivity (Wildman–Crippen MR) is 170 cm³/mol. The Hall–Kier alpha value is -3.79. The van der Waals surface area contributed by atoms with Crippen molar-refractivity contribution in [2.75, 3.05) is 64.6 Å². The fourth-order valence-electron chi connectivity index (χ4n) is 5.15. The summed E-state index contributed by atoms with van der Waals surface area (Å²) in [4.78, 5) is 26.9. The van der Waals surface area contributed by atoms with Crippen LogP contribution < -0.4 is 16.0 Å². The number of H-pyrrole nitrogens is 1. The molecule has 1 saturated heterocycles. The lowest BCUT2D eigenvalue weighted by atomic mass is 10.1. The van der Waals surface area contributed by atoms with E-state index < -0.39 is 0 Å². The van der Waals surface area contributed by atoms with Crippen molar-refractivity contribution in [3.05, 3.63) is 77.5 Å². The molecule has 1 unspecified atom stereocenters.